The molecule has 1 saturated heterocycles. The number of likely N-dealkylation sites (tertiary alicyclic amines) is 1. The zero-order chi connectivity index (χ0) is 16.2. The zero-order valence-electron chi connectivity index (χ0n) is 15.0. The molecule has 2 fully saturated rings. The van der Waals surface area contributed by atoms with Gasteiger partial charge in [0.1, 0.15) is 0 Å². The van der Waals surface area contributed by atoms with E-state index in [2.05, 4.69) is 46.5 Å². The number of thiophene rings is 1. The first-order valence-corrected chi connectivity index (χ1v) is 9.72. The van der Waals surface area contributed by atoms with E-state index in [9.17, 15) is 0 Å². The van der Waals surface area contributed by atoms with Crippen molar-refractivity contribution >= 4 is 41.3 Å². The highest BCUT2D eigenvalue weighted by atomic mass is 127. The van der Waals surface area contributed by atoms with E-state index in [1.54, 1.807) is 0 Å². The van der Waals surface area contributed by atoms with Crippen molar-refractivity contribution in [3.63, 3.8) is 0 Å². The highest BCUT2D eigenvalue weighted by molar-refractivity contribution is 14.0. The van der Waals surface area contributed by atoms with Gasteiger partial charge >= 0.3 is 0 Å². The second-order valence-electron chi connectivity index (χ2n) is 7.10. The highest BCUT2D eigenvalue weighted by Crippen LogP contribution is 2.31. The molecule has 2 unspecified atom stereocenters. The van der Waals surface area contributed by atoms with Crippen LogP contribution in [0.15, 0.2) is 17.1 Å². The van der Waals surface area contributed by atoms with Crippen LogP contribution in [-0.4, -0.2) is 49.6 Å². The van der Waals surface area contributed by atoms with E-state index in [0.717, 1.165) is 30.9 Å². The van der Waals surface area contributed by atoms with Gasteiger partial charge in [-0.2, -0.15) is 0 Å². The van der Waals surface area contributed by atoms with E-state index in [1.165, 1.54) is 42.1 Å². The van der Waals surface area contributed by atoms with Gasteiger partial charge in [-0.3, -0.25) is 4.99 Å². The predicted molar refractivity (Wildman–Crippen MR) is 115 cm³/mol. The van der Waals surface area contributed by atoms with E-state index >= 15 is 0 Å². The number of nitrogens with zero attached hydrogens (tertiary/aromatic N) is 2. The van der Waals surface area contributed by atoms with Gasteiger partial charge in [-0.25, -0.2) is 0 Å². The van der Waals surface area contributed by atoms with Crippen LogP contribution < -0.4 is 10.6 Å². The molecule has 1 aromatic rings. The molecule has 6 heteroatoms. The summed E-state index contributed by atoms with van der Waals surface area (Å²) in [6.07, 6.45) is 5.22. The molecule has 4 nitrogen and oxygen atoms in total. The maximum absolute atomic E-state index is 4.39. The van der Waals surface area contributed by atoms with E-state index in [4.69, 9.17) is 0 Å². The zero-order valence-corrected chi connectivity index (χ0v) is 18.2. The van der Waals surface area contributed by atoms with Gasteiger partial charge in [0.2, 0.25) is 0 Å². The maximum Gasteiger partial charge on any atom is 0.191 e. The lowest BCUT2D eigenvalue weighted by Gasteiger charge is -2.20. The maximum atomic E-state index is 4.39. The smallest absolute Gasteiger partial charge is 0.191 e. The number of aliphatic imine (C=N–C) groups is 1. The van der Waals surface area contributed by atoms with Gasteiger partial charge in [0.05, 0.1) is 0 Å². The van der Waals surface area contributed by atoms with Crippen molar-refractivity contribution in [2.75, 3.05) is 26.7 Å². The number of hydrogen-bond acceptors (Lipinski definition) is 3. The first kappa shape index (κ1) is 20.0. The summed E-state index contributed by atoms with van der Waals surface area (Å²) in [6, 6.07) is 5.74. The van der Waals surface area contributed by atoms with Crippen LogP contribution in [-0.2, 0) is 6.42 Å². The average molecular weight is 462 g/mol. The van der Waals surface area contributed by atoms with Gasteiger partial charge in [0.25, 0.3) is 0 Å². The van der Waals surface area contributed by atoms with Crippen LogP contribution in [0.3, 0.4) is 0 Å². The van der Waals surface area contributed by atoms with E-state index in [1.807, 2.05) is 18.4 Å². The van der Waals surface area contributed by atoms with Gasteiger partial charge in [-0.15, -0.1) is 35.3 Å². The molecule has 0 bridgehead atoms. The molecule has 2 atom stereocenters. The summed E-state index contributed by atoms with van der Waals surface area (Å²) in [5.74, 6) is 1.71. The summed E-state index contributed by atoms with van der Waals surface area (Å²) in [4.78, 5) is 9.88. The van der Waals surface area contributed by atoms with E-state index in [-0.39, 0.29) is 24.0 Å². The van der Waals surface area contributed by atoms with Gasteiger partial charge < -0.3 is 15.5 Å². The summed E-state index contributed by atoms with van der Waals surface area (Å²) in [7, 11) is 1.86. The Morgan fingerprint density at radius 1 is 1.38 bits per heavy atom. The molecule has 1 saturated carbocycles. The summed E-state index contributed by atoms with van der Waals surface area (Å²) >= 11 is 1.89. The summed E-state index contributed by atoms with van der Waals surface area (Å²) in [6.45, 7) is 7.98. The van der Waals surface area contributed by atoms with Crippen LogP contribution in [0.5, 0.6) is 0 Å². The normalized spacial score (nSPS) is 23.0. The Kier molecular flexibility index (Phi) is 7.81. The Hall–Kier alpha value is -0.340. The molecule has 2 N–H and O–H groups in total. The molecule has 2 heterocycles. The second-order valence-corrected chi connectivity index (χ2v) is 8.47. The van der Waals surface area contributed by atoms with Crippen LogP contribution in [0.2, 0.25) is 0 Å². The van der Waals surface area contributed by atoms with Crippen LogP contribution >= 0.6 is 35.3 Å². The molecule has 0 radical (unpaired) electrons. The van der Waals surface area contributed by atoms with Gasteiger partial charge in [0.15, 0.2) is 5.96 Å². The Balaban J connectivity index is 0.00000208. The molecule has 1 aliphatic carbocycles. The molecule has 136 valence electrons. The number of rotatable bonds is 6. The molecule has 0 aromatic carbocycles. The lowest BCUT2D eigenvalue weighted by molar-refractivity contribution is 0.314. The van der Waals surface area contributed by atoms with Crippen molar-refractivity contribution in [1.82, 2.24) is 15.5 Å². The van der Waals surface area contributed by atoms with Crippen LogP contribution in [0.1, 0.15) is 35.9 Å². The first-order valence-electron chi connectivity index (χ1n) is 8.90. The van der Waals surface area contributed by atoms with E-state index in [0.29, 0.717) is 6.04 Å². The van der Waals surface area contributed by atoms with Crippen molar-refractivity contribution in [2.24, 2.45) is 10.9 Å². The van der Waals surface area contributed by atoms with Crippen molar-refractivity contribution < 1.29 is 0 Å². The van der Waals surface area contributed by atoms with Crippen molar-refractivity contribution in [3.05, 3.63) is 21.9 Å². The quantitative estimate of drug-likeness (QED) is 0.388. The predicted octanol–water partition coefficient (Wildman–Crippen LogP) is 3.25. The fraction of sp³-hybridized carbons (Fsp3) is 0.722. The molecule has 1 aliphatic heterocycles. The second kappa shape index (κ2) is 9.38. The molecule has 0 spiro atoms. The topological polar surface area (TPSA) is 39.7 Å². The number of nitrogens with one attached hydrogen (secondary N) is 2. The van der Waals surface area contributed by atoms with Crippen LogP contribution in [0.4, 0.5) is 0 Å². The molecule has 1 aromatic heterocycles. The standard InChI is InChI=1S/C18H30N4S.HI/c1-13(10-17-7-4-14(2)23-17)21-18(19-3)20-11-15-8-9-22(12-15)16-5-6-16;/h4,7,13,15-16H,5-6,8-12H2,1-3H3,(H2,19,20,21);1H. The average Bonchev–Trinajstić information content (AvgIpc) is 3.14. The monoisotopic (exact) mass is 462 g/mol. The van der Waals surface area contributed by atoms with Gasteiger partial charge in [-0.1, -0.05) is 0 Å². The Bertz CT molecular complexity index is 541. The number of aryl methyl sites for hydroxylation is 1. The third-order valence-electron chi connectivity index (χ3n) is 4.85. The van der Waals surface area contributed by atoms with E-state index < -0.39 is 0 Å². The minimum absolute atomic E-state index is 0. The molecular formula is C18H31IN4S. The van der Waals surface area contributed by atoms with Gasteiger partial charge in [-0.05, 0) is 57.7 Å². The third-order valence-corrected chi connectivity index (χ3v) is 5.87. The number of hydrogen-bond donors (Lipinski definition) is 2. The highest BCUT2D eigenvalue weighted by Gasteiger charge is 2.34. The summed E-state index contributed by atoms with van der Waals surface area (Å²) in [5.41, 5.74) is 0. The number of guanidine groups is 1. The first-order chi connectivity index (χ1) is 11.1. The minimum atomic E-state index is 0. The molecule has 3 rings (SSSR count). The lowest BCUT2D eigenvalue weighted by Crippen LogP contribution is -2.44. The molecule has 0 amide bonds. The largest absolute Gasteiger partial charge is 0.356 e. The fourth-order valence-electron chi connectivity index (χ4n) is 3.42. The summed E-state index contributed by atoms with van der Waals surface area (Å²) < 4.78 is 0. The summed E-state index contributed by atoms with van der Waals surface area (Å²) in [5, 5.41) is 7.06. The van der Waals surface area contributed by atoms with Crippen molar-refractivity contribution in [3.8, 4) is 0 Å². The van der Waals surface area contributed by atoms with Gasteiger partial charge in [0, 0.05) is 48.4 Å². The Morgan fingerprint density at radius 2 is 2.17 bits per heavy atom. The van der Waals surface area contributed by atoms with Crippen LogP contribution in [0, 0.1) is 12.8 Å². The van der Waals surface area contributed by atoms with Crippen molar-refractivity contribution in [1.29, 1.82) is 0 Å². The lowest BCUT2D eigenvalue weighted by atomic mass is 10.1. The SMILES string of the molecule is CN=C(NCC1CCN(C2CC2)C1)NC(C)Cc1ccc(C)s1.I. The molecule has 2 aliphatic rings. The fourth-order valence-corrected chi connectivity index (χ4v) is 4.44. The third kappa shape index (κ3) is 5.88. The Morgan fingerprint density at radius 3 is 2.79 bits per heavy atom. The van der Waals surface area contributed by atoms with Crippen molar-refractivity contribution in [2.45, 2.75) is 51.6 Å². The minimum Gasteiger partial charge on any atom is -0.356 e. The molecular weight excluding hydrogens is 431 g/mol. The number of halogens is 1. The molecule has 24 heavy (non-hydrogen) atoms. The Labute approximate surface area is 167 Å². The van der Waals surface area contributed by atoms with Crippen LogP contribution in [0.25, 0.3) is 0 Å².